The fourth-order valence-corrected chi connectivity index (χ4v) is 18.5. The van der Waals surface area contributed by atoms with Gasteiger partial charge in [0.2, 0.25) is 0 Å². The van der Waals surface area contributed by atoms with E-state index >= 15 is 0 Å². The van der Waals surface area contributed by atoms with Gasteiger partial charge in [0.05, 0.1) is 16.5 Å². The van der Waals surface area contributed by atoms with Crippen molar-refractivity contribution in [2.75, 3.05) is 4.90 Å². The molecule has 0 amide bonds. The maximum absolute atomic E-state index is 6.99. The molecule has 0 saturated carbocycles. The van der Waals surface area contributed by atoms with Crippen LogP contribution in [0.4, 0.5) is 17.1 Å². The summed E-state index contributed by atoms with van der Waals surface area (Å²) in [5.41, 5.74) is 36.8. The highest BCUT2D eigenvalue weighted by atomic mass is 16.3. The fraction of sp³-hybridized carbons (Fsp3) is 0.0667. The zero-order valence-electron chi connectivity index (χ0n) is 51.5. The van der Waals surface area contributed by atoms with Gasteiger partial charge in [-0.1, -0.05) is 238 Å². The molecule has 434 valence electrons. The Labute approximate surface area is 538 Å². The minimum Gasteiger partial charge on any atom is -0.456 e. The van der Waals surface area contributed by atoms with E-state index in [0.29, 0.717) is 0 Å². The second-order valence-electron chi connectivity index (χ2n) is 26.9. The largest absolute Gasteiger partial charge is 0.456 e. The summed E-state index contributed by atoms with van der Waals surface area (Å²) in [6, 6.07) is 110. The van der Waals surface area contributed by atoms with Crippen molar-refractivity contribution in [1.82, 2.24) is 0 Å². The maximum Gasteiger partial charge on any atom is 0.143 e. The van der Waals surface area contributed by atoms with Crippen molar-refractivity contribution >= 4 is 60.9 Å². The number of fused-ring (bicyclic) bond motifs is 31. The summed E-state index contributed by atoms with van der Waals surface area (Å²) in [7, 11) is 0. The fourth-order valence-electron chi connectivity index (χ4n) is 18.5. The molecule has 0 bridgehead atoms. The quantitative estimate of drug-likeness (QED) is 0.172. The number of furan rings is 2. The van der Waals surface area contributed by atoms with E-state index < -0.39 is 10.8 Å². The van der Waals surface area contributed by atoms with Crippen molar-refractivity contribution in [1.29, 1.82) is 0 Å². The van der Waals surface area contributed by atoms with E-state index in [0.717, 1.165) is 66.9 Å². The van der Waals surface area contributed by atoms with Crippen LogP contribution < -0.4 is 4.90 Å². The van der Waals surface area contributed by atoms with Crippen LogP contribution in [0.2, 0.25) is 0 Å². The summed E-state index contributed by atoms with van der Waals surface area (Å²) in [6.07, 6.45) is 0. The first-order valence-corrected chi connectivity index (χ1v) is 32.6. The van der Waals surface area contributed by atoms with Crippen molar-refractivity contribution in [3.63, 3.8) is 0 Å². The zero-order chi connectivity index (χ0) is 61.2. The number of hydrogen-bond acceptors (Lipinski definition) is 3. The minimum absolute atomic E-state index is 0.388. The highest BCUT2D eigenvalue weighted by Gasteiger charge is 2.57. The van der Waals surface area contributed by atoms with Crippen LogP contribution >= 0.6 is 0 Å². The van der Waals surface area contributed by atoms with E-state index in [4.69, 9.17) is 8.83 Å². The van der Waals surface area contributed by atoms with Gasteiger partial charge >= 0.3 is 0 Å². The Balaban J connectivity index is 0.845. The summed E-state index contributed by atoms with van der Waals surface area (Å²) >= 11 is 0. The second kappa shape index (κ2) is 18.1. The molecule has 0 aliphatic heterocycles. The van der Waals surface area contributed by atoms with Crippen LogP contribution in [0, 0.1) is 6.92 Å². The van der Waals surface area contributed by atoms with Gasteiger partial charge in [0.25, 0.3) is 0 Å². The molecule has 93 heavy (non-hydrogen) atoms. The van der Waals surface area contributed by atoms with Crippen molar-refractivity contribution in [2.45, 2.75) is 37.0 Å². The van der Waals surface area contributed by atoms with E-state index in [1.165, 1.54) is 133 Å². The van der Waals surface area contributed by atoms with Crippen LogP contribution in [0.5, 0.6) is 0 Å². The van der Waals surface area contributed by atoms with Crippen LogP contribution in [0.1, 0.15) is 75.0 Å². The molecule has 2 heterocycles. The minimum atomic E-state index is -0.698. The van der Waals surface area contributed by atoms with Crippen LogP contribution in [-0.4, -0.2) is 0 Å². The Morgan fingerprint density at radius 3 is 1.40 bits per heavy atom. The third-order valence-corrected chi connectivity index (χ3v) is 22.2. The molecule has 3 nitrogen and oxygen atoms in total. The number of hydrogen-bond donors (Lipinski definition) is 0. The van der Waals surface area contributed by atoms with E-state index in [1.807, 2.05) is 0 Å². The average Bonchev–Trinajstić information content (AvgIpc) is 1.49. The van der Waals surface area contributed by atoms with Gasteiger partial charge in [0.1, 0.15) is 22.3 Å². The first-order valence-electron chi connectivity index (χ1n) is 32.6. The molecule has 5 aliphatic carbocycles. The van der Waals surface area contributed by atoms with Gasteiger partial charge in [0, 0.05) is 49.5 Å². The first-order chi connectivity index (χ1) is 45.8. The standard InChI is InChI=1S/C90H57NO2/c1-52-23-7-8-26-56(52)67-50-78-83(86-65-33-15-22-40-81(65)93-87(67)86)63-44-42-54(47-74(63)88(78,2)3)91(79-38-20-13-27-57(79)53-24-5-4-6-25-53)55-41-43-62-66-49-77-68(51-76(66)90(75(62)48-55)71-36-18-11-30-60(71)61-31-12-19-37-72(61)90)84-73(45-46-82-85(84)64-32-14-21-39-80(64)92-82)89(77)69-34-16-9-28-58(69)59-29-10-17-35-70(59)89/h4-51H,1-3H3. The highest BCUT2D eigenvalue weighted by Crippen LogP contribution is 2.70. The van der Waals surface area contributed by atoms with Gasteiger partial charge in [-0.25, -0.2) is 0 Å². The molecule has 2 spiro atoms. The molecule has 21 rings (SSSR count). The first kappa shape index (κ1) is 51.2. The Morgan fingerprint density at radius 1 is 0.280 bits per heavy atom. The van der Waals surface area contributed by atoms with Crippen molar-refractivity contribution in [2.24, 2.45) is 0 Å². The lowest BCUT2D eigenvalue weighted by molar-refractivity contribution is 0.657. The normalized spacial score (nSPS) is 14.7. The number of nitrogens with zero attached hydrogens (tertiary/aromatic N) is 1. The smallest absolute Gasteiger partial charge is 0.143 e. The predicted molar refractivity (Wildman–Crippen MR) is 381 cm³/mol. The lowest BCUT2D eigenvalue weighted by atomic mass is 9.68. The Hall–Kier alpha value is -11.5. The molecule has 0 fully saturated rings. The molecular weight excluding hydrogens is 1130 g/mol. The van der Waals surface area contributed by atoms with Crippen molar-refractivity contribution in [3.05, 3.63) is 352 Å². The predicted octanol–water partition coefficient (Wildman–Crippen LogP) is 23.6. The average molecular weight is 1180 g/mol. The molecule has 14 aromatic carbocycles. The van der Waals surface area contributed by atoms with Gasteiger partial charge < -0.3 is 13.7 Å². The summed E-state index contributed by atoms with van der Waals surface area (Å²) in [6.45, 7) is 7.06. The summed E-state index contributed by atoms with van der Waals surface area (Å²) in [5.74, 6) is 0. The molecule has 3 heteroatoms. The van der Waals surface area contributed by atoms with E-state index in [-0.39, 0.29) is 5.41 Å². The highest BCUT2D eigenvalue weighted by molar-refractivity contribution is 6.20. The van der Waals surface area contributed by atoms with Gasteiger partial charge in [0.15, 0.2) is 0 Å². The number of anilines is 3. The monoisotopic (exact) mass is 1180 g/mol. The lowest BCUT2D eigenvalue weighted by Crippen LogP contribution is -2.27. The van der Waals surface area contributed by atoms with Crippen LogP contribution in [0.3, 0.4) is 0 Å². The molecule has 0 atom stereocenters. The molecule has 16 aromatic rings. The Bertz CT molecular complexity index is 5920. The molecule has 0 radical (unpaired) electrons. The molecule has 0 unspecified atom stereocenters. The van der Waals surface area contributed by atoms with Crippen molar-refractivity contribution in [3.8, 4) is 77.9 Å². The maximum atomic E-state index is 6.99. The third-order valence-electron chi connectivity index (χ3n) is 22.2. The summed E-state index contributed by atoms with van der Waals surface area (Å²) in [4.78, 5) is 2.56. The van der Waals surface area contributed by atoms with E-state index in [9.17, 15) is 0 Å². The molecule has 0 N–H and O–H groups in total. The van der Waals surface area contributed by atoms with E-state index in [2.05, 4.69) is 317 Å². The molecule has 2 aromatic heterocycles. The van der Waals surface area contributed by atoms with Gasteiger partial charge in [-0.15, -0.1) is 0 Å². The number of aryl methyl sites for hydroxylation is 1. The van der Waals surface area contributed by atoms with E-state index in [1.54, 1.807) is 0 Å². The van der Waals surface area contributed by atoms with Gasteiger partial charge in [-0.2, -0.15) is 0 Å². The number of para-hydroxylation sites is 3. The Kier molecular flexibility index (Phi) is 9.99. The van der Waals surface area contributed by atoms with Crippen molar-refractivity contribution < 1.29 is 8.83 Å². The van der Waals surface area contributed by atoms with Crippen LogP contribution in [0.15, 0.2) is 300 Å². The SMILES string of the molecule is Cc1ccccc1-c1cc2c(c3c1oc1ccccc13)-c1ccc(N(c3ccc4c(c3)C3(c5ccccc5-c5ccccc53)c3cc5c(cc3-4)C3(c4ccccc4-c4ccccc43)c3ccc4oc6ccccc6c4c3-5)c3ccccc3-c3ccccc3)cc1C2(C)C. The Morgan fingerprint density at radius 2 is 0.742 bits per heavy atom. The topological polar surface area (TPSA) is 29.5 Å². The number of rotatable bonds is 5. The van der Waals surface area contributed by atoms with Gasteiger partial charge in [-0.3, -0.25) is 0 Å². The summed E-state index contributed by atoms with van der Waals surface area (Å²) < 4.78 is 13.8. The van der Waals surface area contributed by atoms with Crippen LogP contribution in [-0.2, 0) is 16.2 Å². The second-order valence-corrected chi connectivity index (χ2v) is 26.9. The van der Waals surface area contributed by atoms with Crippen LogP contribution in [0.25, 0.3) is 122 Å². The van der Waals surface area contributed by atoms with Gasteiger partial charge in [-0.05, 0) is 202 Å². The summed E-state index contributed by atoms with van der Waals surface area (Å²) in [5, 5.41) is 4.62. The zero-order valence-corrected chi connectivity index (χ0v) is 51.5. The lowest BCUT2D eigenvalue weighted by Gasteiger charge is -2.33. The third kappa shape index (κ3) is 6.35. The number of benzene rings is 14. The molecule has 0 saturated heterocycles. The molecule has 5 aliphatic rings. The molecular formula is C90H57NO2.